The third kappa shape index (κ3) is 3.39. The molecule has 0 aromatic carbocycles. The minimum absolute atomic E-state index is 0.327. The molecule has 2 unspecified atom stereocenters. The average molecular weight is 356 g/mol. The van der Waals surface area contributed by atoms with Crippen molar-refractivity contribution in [3.05, 3.63) is 16.0 Å². The van der Waals surface area contributed by atoms with Gasteiger partial charge in [-0.05, 0) is 54.5 Å². The summed E-state index contributed by atoms with van der Waals surface area (Å²) in [6, 6.07) is 0. The molecular formula is C16H26BrN3O. The molecule has 2 atom stereocenters. The summed E-state index contributed by atoms with van der Waals surface area (Å²) in [7, 11) is 1.79. The van der Waals surface area contributed by atoms with Gasteiger partial charge in [0.25, 0.3) is 0 Å². The molecule has 1 fully saturated rings. The molecule has 4 nitrogen and oxygen atoms in total. The standard InChI is InChI=1S/C16H26BrN3O/c1-5-12-13(17)14(18-6-2)20-15(19-12)16(21-4)9-7-8-11(3)10-16/h11H,5-10H2,1-4H3,(H,18,19,20). The Kier molecular flexibility index (Phi) is 5.60. The number of nitrogens with one attached hydrogen (secondary N) is 1. The highest BCUT2D eigenvalue weighted by atomic mass is 79.9. The number of anilines is 1. The SMILES string of the molecule is CCNc1nc(C2(OC)CCCC(C)C2)nc(CC)c1Br. The largest absolute Gasteiger partial charge is 0.370 e. The molecule has 1 aliphatic carbocycles. The molecule has 118 valence electrons. The number of ether oxygens (including phenoxy) is 1. The van der Waals surface area contributed by atoms with Crippen LogP contribution in [0.2, 0.25) is 0 Å². The van der Waals surface area contributed by atoms with Crippen molar-refractivity contribution in [1.82, 2.24) is 9.97 Å². The van der Waals surface area contributed by atoms with E-state index in [1.807, 2.05) is 0 Å². The van der Waals surface area contributed by atoms with Crippen molar-refractivity contribution in [2.24, 2.45) is 5.92 Å². The highest BCUT2D eigenvalue weighted by Gasteiger charge is 2.40. The summed E-state index contributed by atoms with van der Waals surface area (Å²) in [6.07, 6.45) is 5.32. The van der Waals surface area contributed by atoms with Crippen LogP contribution in [0.5, 0.6) is 0 Å². The molecule has 5 heteroatoms. The number of aromatic nitrogens is 2. The van der Waals surface area contributed by atoms with Gasteiger partial charge in [0.1, 0.15) is 11.4 Å². The van der Waals surface area contributed by atoms with Crippen LogP contribution in [-0.4, -0.2) is 23.6 Å². The first-order chi connectivity index (χ1) is 10.1. The number of hydrogen-bond donors (Lipinski definition) is 1. The van der Waals surface area contributed by atoms with E-state index in [0.29, 0.717) is 5.92 Å². The Morgan fingerprint density at radius 2 is 2.14 bits per heavy atom. The predicted molar refractivity (Wildman–Crippen MR) is 89.6 cm³/mol. The first kappa shape index (κ1) is 16.7. The molecular weight excluding hydrogens is 330 g/mol. The van der Waals surface area contributed by atoms with Gasteiger partial charge in [0.05, 0.1) is 10.2 Å². The number of rotatable bonds is 5. The summed E-state index contributed by atoms with van der Waals surface area (Å²) in [5.41, 5.74) is 0.720. The number of nitrogens with zero attached hydrogens (tertiary/aromatic N) is 2. The van der Waals surface area contributed by atoms with E-state index < -0.39 is 0 Å². The smallest absolute Gasteiger partial charge is 0.162 e. The van der Waals surface area contributed by atoms with Crippen molar-refractivity contribution in [3.8, 4) is 0 Å². The van der Waals surface area contributed by atoms with Gasteiger partial charge in [-0.3, -0.25) is 0 Å². The molecule has 0 aliphatic heterocycles. The van der Waals surface area contributed by atoms with Crippen molar-refractivity contribution in [3.63, 3.8) is 0 Å². The number of hydrogen-bond acceptors (Lipinski definition) is 4. The monoisotopic (exact) mass is 355 g/mol. The second-order valence-corrected chi connectivity index (χ2v) is 6.73. The Hall–Kier alpha value is -0.680. The Morgan fingerprint density at radius 1 is 1.38 bits per heavy atom. The minimum Gasteiger partial charge on any atom is -0.370 e. The normalized spacial score (nSPS) is 25.9. The molecule has 1 aromatic rings. The molecule has 1 aliphatic rings. The maximum atomic E-state index is 5.94. The van der Waals surface area contributed by atoms with Crippen LogP contribution in [0.3, 0.4) is 0 Å². The lowest BCUT2D eigenvalue weighted by atomic mass is 9.78. The molecule has 21 heavy (non-hydrogen) atoms. The maximum absolute atomic E-state index is 5.94. The Balaban J connectivity index is 2.47. The van der Waals surface area contributed by atoms with Gasteiger partial charge in [0, 0.05) is 13.7 Å². The third-order valence-electron chi connectivity index (χ3n) is 4.35. The zero-order valence-electron chi connectivity index (χ0n) is 13.5. The topological polar surface area (TPSA) is 47.0 Å². The van der Waals surface area contributed by atoms with Gasteiger partial charge in [-0.1, -0.05) is 20.3 Å². The van der Waals surface area contributed by atoms with Crippen molar-refractivity contribution < 1.29 is 4.74 Å². The fourth-order valence-corrected chi connectivity index (χ4v) is 3.80. The number of methoxy groups -OCH3 is 1. The first-order valence-electron chi connectivity index (χ1n) is 7.92. The van der Waals surface area contributed by atoms with E-state index in [-0.39, 0.29) is 5.60 Å². The van der Waals surface area contributed by atoms with Gasteiger partial charge >= 0.3 is 0 Å². The van der Waals surface area contributed by atoms with Crippen molar-refractivity contribution in [2.75, 3.05) is 19.0 Å². The molecule has 2 rings (SSSR count). The van der Waals surface area contributed by atoms with Gasteiger partial charge in [-0.25, -0.2) is 9.97 Å². The van der Waals surface area contributed by atoms with E-state index in [1.54, 1.807) is 7.11 Å². The highest BCUT2D eigenvalue weighted by molar-refractivity contribution is 9.10. The second kappa shape index (κ2) is 7.05. The molecule has 1 N–H and O–H groups in total. The van der Waals surface area contributed by atoms with Gasteiger partial charge in [-0.15, -0.1) is 0 Å². The number of halogens is 1. The quantitative estimate of drug-likeness (QED) is 0.855. The maximum Gasteiger partial charge on any atom is 0.162 e. The van der Waals surface area contributed by atoms with Crippen molar-refractivity contribution >= 4 is 21.7 Å². The fraction of sp³-hybridized carbons (Fsp3) is 0.750. The highest BCUT2D eigenvalue weighted by Crippen LogP contribution is 2.42. The zero-order valence-corrected chi connectivity index (χ0v) is 15.1. The van der Waals surface area contributed by atoms with E-state index in [9.17, 15) is 0 Å². The summed E-state index contributed by atoms with van der Waals surface area (Å²) in [5.74, 6) is 2.38. The van der Waals surface area contributed by atoms with Gasteiger partial charge in [0.15, 0.2) is 5.82 Å². The molecule has 1 aromatic heterocycles. The minimum atomic E-state index is -0.327. The van der Waals surface area contributed by atoms with E-state index >= 15 is 0 Å². The Labute approximate surface area is 136 Å². The van der Waals surface area contributed by atoms with Crippen LogP contribution < -0.4 is 5.32 Å². The average Bonchev–Trinajstić information content (AvgIpc) is 2.49. The molecule has 0 radical (unpaired) electrons. The van der Waals surface area contributed by atoms with Crippen LogP contribution in [0, 0.1) is 5.92 Å². The molecule has 1 heterocycles. The van der Waals surface area contributed by atoms with E-state index in [2.05, 4.69) is 42.0 Å². The lowest BCUT2D eigenvalue weighted by molar-refractivity contribution is -0.0646. The summed E-state index contributed by atoms with van der Waals surface area (Å²) >= 11 is 3.62. The zero-order chi connectivity index (χ0) is 15.5. The van der Waals surface area contributed by atoms with Crippen LogP contribution >= 0.6 is 15.9 Å². The molecule has 0 amide bonds. The van der Waals surface area contributed by atoms with Gasteiger partial charge in [0.2, 0.25) is 0 Å². The van der Waals surface area contributed by atoms with Gasteiger partial charge in [-0.2, -0.15) is 0 Å². The third-order valence-corrected chi connectivity index (χ3v) is 5.19. The second-order valence-electron chi connectivity index (χ2n) is 5.94. The Morgan fingerprint density at radius 3 is 2.71 bits per heavy atom. The van der Waals surface area contributed by atoms with Gasteiger partial charge < -0.3 is 10.1 Å². The van der Waals surface area contributed by atoms with Crippen LogP contribution in [0.1, 0.15) is 58.0 Å². The van der Waals surface area contributed by atoms with E-state index in [1.165, 1.54) is 12.8 Å². The summed E-state index contributed by atoms with van der Waals surface area (Å²) in [4.78, 5) is 9.59. The molecule has 0 bridgehead atoms. The van der Waals surface area contributed by atoms with Crippen molar-refractivity contribution in [2.45, 2.75) is 58.5 Å². The summed E-state index contributed by atoms with van der Waals surface area (Å²) < 4.78 is 6.92. The number of aryl methyl sites for hydroxylation is 1. The van der Waals surface area contributed by atoms with Crippen LogP contribution in [0.4, 0.5) is 5.82 Å². The fourth-order valence-electron chi connectivity index (χ4n) is 3.20. The summed E-state index contributed by atoms with van der Waals surface area (Å²) in [6.45, 7) is 7.33. The van der Waals surface area contributed by atoms with Crippen LogP contribution in [0.25, 0.3) is 0 Å². The predicted octanol–water partition coefficient (Wildman–Crippen LogP) is 4.29. The molecule has 1 saturated carbocycles. The lowest BCUT2D eigenvalue weighted by Gasteiger charge is -2.38. The Bertz CT molecular complexity index is 495. The van der Waals surface area contributed by atoms with Crippen LogP contribution in [-0.2, 0) is 16.8 Å². The van der Waals surface area contributed by atoms with E-state index in [0.717, 1.165) is 47.6 Å². The molecule has 0 saturated heterocycles. The van der Waals surface area contributed by atoms with E-state index in [4.69, 9.17) is 14.7 Å². The van der Waals surface area contributed by atoms with Crippen LogP contribution in [0.15, 0.2) is 4.47 Å². The molecule has 0 spiro atoms. The van der Waals surface area contributed by atoms with Crippen molar-refractivity contribution in [1.29, 1.82) is 0 Å². The first-order valence-corrected chi connectivity index (χ1v) is 8.71. The lowest BCUT2D eigenvalue weighted by Crippen LogP contribution is -2.36. The summed E-state index contributed by atoms with van der Waals surface area (Å²) in [5, 5.41) is 3.33.